The van der Waals surface area contributed by atoms with Gasteiger partial charge in [-0.25, -0.2) is 0 Å². The highest BCUT2D eigenvalue weighted by atomic mass is 16.3. The van der Waals surface area contributed by atoms with Crippen molar-refractivity contribution in [1.82, 2.24) is 0 Å². The van der Waals surface area contributed by atoms with E-state index in [-0.39, 0.29) is 17.4 Å². The van der Waals surface area contributed by atoms with Crippen molar-refractivity contribution in [2.45, 2.75) is 71.6 Å². The lowest BCUT2D eigenvalue weighted by Crippen LogP contribution is -2.18. The summed E-state index contributed by atoms with van der Waals surface area (Å²) in [4.78, 5) is 0. The molecular weight excluding hydrogens is 248 g/mol. The van der Waals surface area contributed by atoms with E-state index >= 15 is 0 Å². The maximum absolute atomic E-state index is 10.6. The molecule has 0 radical (unpaired) electrons. The number of benzene rings is 1. The molecule has 0 amide bonds. The zero-order valence-electron chi connectivity index (χ0n) is 14.0. The summed E-state index contributed by atoms with van der Waals surface area (Å²) in [6, 6.07) is 4.20. The van der Waals surface area contributed by atoms with Crippen LogP contribution in [-0.2, 0) is 10.8 Å². The van der Waals surface area contributed by atoms with Crippen LogP contribution in [-0.4, -0.2) is 16.8 Å². The predicted molar refractivity (Wildman–Crippen MR) is 85.6 cm³/mol. The van der Waals surface area contributed by atoms with Crippen LogP contribution in [0.25, 0.3) is 0 Å². The third-order valence-electron chi connectivity index (χ3n) is 3.88. The Kier molecular flexibility index (Phi) is 4.91. The van der Waals surface area contributed by atoms with Gasteiger partial charge in [-0.3, -0.25) is 0 Å². The van der Waals surface area contributed by atoms with Crippen LogP contribution in [0.4, 0.5) is 0 Å². The van der Waals surface area contributed by atoms with Crippen LogP contribution >= 0.6 is 0 Å². The highest BCUT2D eigenvalue weighted by Gasteiger charge is 2.27. The summed E-state index contributed by atoms with van der Waals surface area (Å²) in [5, 5.41) is 19.8. The minimum atomic E-state index is -0.0982. The van der Waals surface area contributed by atoms with E-state index in [1.807, 2.05) is 0 Å². The fourth-order valence-electron chi connectivity index (χ4n) is 2.45. The lowest BCUT2D eigenvalue weighted by atomic mass is 9.77. The Hall–Kier alpha value is -1.02. The molecule has 1 rings (SSSR count). The first kappa shape index (κ1) is 17.0. The first-order valence-corrected chi connectivity index (χ1v) is 7.47. The van der Waals surface area contributed by atoms with Crippen LogP contribution in [0, 0.1) is 0 Å². The molecule has 0 bridgehead atoms. The summed E-state index contributed by atoms with van der Waals surface area (Å²) >= 11 is 0. The van der Waals surface area contributed by atoms with Gasteiger partial charge in [0.25, 0.3) is 0 Å². The normalized spacial score (nSPS) is 14.4. The fraction of sp³-hybridized carbons (Fsp3) is 0.667. The van der Waals surface area contributed by atoms with Gasteiger partial charge in [-0.1, -0.05) is 60.6 Å². The van der Waals surface area contributed by atoms with Crippen LogP contribution in [0.15, 0.2) is 12.1 Å². The van der Waals surface area contributed by atoms with E-state index in [1.54, 1.807) is 0 Å². The van der Waals surface area contributed by atoms with Gasteiger partial charge in [0.1, 0.15) is 5.75 Å². The molecule has 0 aromatic heterocycles. The highest BCUT2D eigenvalue weighted by Crippen LogP contribution is 2.41. The Balaban J connectivity index is 3.50. The maximum Gasteiger partial charge on any atom is 0.123 e. The lowest BCUT2D eigenvalue weighted by molar-refractivity contribution is 0.278. The van der Waals surface area contributed by atoms with Crippen molar-refractivity contribution in [1.29, 1.82) is 0 Å². The van der Waals surface area contributed by atoms with E-state index in [9.17, 15) is 5.11 Å². The largest absolute Gasteiger partial charge is 0.507 e. The molecule has 0 unspecified atom stereocenters. The molecule has 0 saturated carbocycles. The van der Waals surface area contributed by atoms with Crippen molar-refractivity contribution in [2.24, 2.45) is 0 Å². The van der Waals surface area contributed by atoms with Gasteiger partial charge < -0.3 is 10.2 Å². The van der Waals surface area contributed by atoms with E-state index in [1.165, 1.54) is 5.56 Å². The molecule has 0 fully saturated rings. The Morgan fingerprint density at radius 2 is 1.35 bits per heavy atom. The second-order valence-electron chi connectivity index (χ2n) is 7.88. The van der Waals surface area contributed by atoms with Crippen LogP contribution < -0.4 is 0 Å². The summed E-state index contributed by atoms with van der Waals surface area (Å²) in [5.74, 6) is 0.716. The highest BCUT2D eigenvalue weighted by molar-refractivity contribution is 5.50. The van der Waals surface area contributed by atoms with Gasteiger partial charge in [0.05, 0.1) is 0 Å². The van der Waals surface area contributed by atoms with Crippen LogP contribution in [0.5, 0.6) is 5.75 Å². The quantitative estimate of drug-likeness (QED) is 0.856. The standard InChI is InChI=1S/C18H30O2/c1-12(8-9-19)13-10-14(17(2,3)4)16(20)15(11-13)18(5,6)7/h10-12,19-20H,8-9H2,1-7H3/t12-/m0/s1. The first-order chi connectivity index (χ1) is 8.98. The molecule has 2 nitrogen and oxygen atoms in total. The molecule has 114 valence electrons. The zero-order chi connectivity index (χ0) is 15.7. The lowest BCUT2D eigenvalue weighted by Gasteiger charge is -2.29. The predicted octanol–water partition coefficient (Wildman–Crippen LogP) is 4.47. The van der Waals surface area contributed by atoms with Gasteiger partial charge in [0, 0.05) is 6.61 Å². The van der Waals surface area contributed by atoms with Gasteiger partial charge in [-0.2, -0.15) is 0 Å². The van der Waals surface area contributed by atoms with E-state index < -0.39 is 0 Å². The van der Waals surface area contributed by atoms with Crippen molar-refractivity contribution >= 4 is 0 Å². The van der Waals surface area contributed by atoms with Gasteiger partial charge in [-0.15, -0.1) is 0 Å². The Morgan fingerprint density at radius 3 is 1.65 bits per heavy atom. The monoisotopic (exact) mass is 278 g/mol. The van der Waals surface area contributed by atoms with Crippen molar-refractivity contribution < 1.29 is 10.2 Å². The van der Waals surface area contributed by atoms with Crippen molar-refractivity contribution in [2.75, 3.05) is 6.61 Å². The van der Waals surface area contributed by atoms with Crippen molar-refractivity contribution in [3.63, 3.8) is 0 Å². The molecule has 0 aliphatic carbocycles. The van der Waals surface area contributed by atoms with Gasteiger partial charge in [0.15, 0.2) is 0 Å². The number of aliphatic hydroxyl groups is 1. The third kappa shape index (κ3) is 3.76. The average Bonchev–Trinajstić information content (AvgIpc) is 2.26. The van der Waals surface area contributed by atoms with Crippen molar-refractivity contribution in [3.05, 3.63) is 28.8 Å². The average molecular weight is 278 g/mol. The Labute approximate surface area is 123 Å². The molecule has 1 aromatic carbocycles. The molecule has 0 spiro atoms. The minimum absolute atomic E-state index is 0.0982. The van der Waals surface area contributed by atoms with E-state index in [0.29, 0.717) is 11.7 Å². The number of aliphatic hydroxyl groups excluding tert-OH is 1. The van der Waals surface area contributed by atoms with E-state index in [0.717, 1.165) is 17.5 Å². The molecule has 2 heteroatoms. The smallest absolute Gasteiger partial charge is 0.123 e. The summed E-state index contributed by atoms with van der Waals surface area (Å²) < 4.78 is 0. The van der Waals surface area contributed by atoms with Crippen LogP contribution in [0.1, 0.15) is 77.5 Å². The summed E-state index contributed by atoms with van der Waals surface area (Å²) in [6.07, 6.45) is 0.748. The molecule has 1 atom stereocenters. The summed E-state index contributed by atoms with van der Waals surface area (Å²) in [5.41, 5.74) is 2.99. The van der Waals surface area contributed by atoms with Gasteiger partial charge >= 0.3 is 0 Å². The van der Waals surface area contributed by atoms with E-state index in [2.05, 4.69) is 60.6 Å². The second kappa shape index (κ2) is 5.77. The number of phenolic OH excluding ortho intramolecular Hbond substituents is 1. The first-order valence-electron chi connectivity index (χ1n) is 7.47. The maximum atomic E-state index is 10.6. The molecule has 2 N–H and O–H groups in total. The Bertz CT molecular complexity index is 426. The fourth-order valence-corrected chi connectivity index (χ4v) is 2.45. The van der Waals surface area contributed by atoms with Gasteiger partial charge in [-0.05, 0) is 39.9 Å². The Morgan fingerprint density at radius 1 is 0.950 bits per heavy atom. The number of aromatic hydroxyl groups is 1. The number of rotatable bonds is 3. The number of phenols is 1. The number of hydrogen-bond donors (Lipinski definition) is 2. The molecule has 0 aliphatic heterocycles. The van der Waals surface area contributed by atoms with Crippen LogP contribution in [0.2, 0.25) is 0 Å². The molecular formula is C18H30O2. The molecule has 20 heavy (non-hydrogen) atoms. The van der Waals surface area contributed by atoms with Crippen LogP contribution in [0.3, 0.4) is 0 Å². The molecule has 0 heterocycles. The zero-order valence-corrected chi connectivity index (χ0v) is 14.0. The van der Waals surface area contributed by atoms with Gasteiger partial charge in [0.2, 0.25) is 0 Å². The van der Waals surface area contributed by atoms with Crippen molar-refractivity contribution in [3.8, 4) is 5.75 Å². The third-order valence-corrected chi connectivity index (χ3v) is 3.88. The molecule has 0 aliphatic rings. The summed E-state index contributed by atoms with van der Waals surface area (Å²) in [7, 11) is 0. The molecule has 1 aromatic rings. The second-order valence-corrected chi connectivity index (χ2v) is 7.88. The number of hydrogen-bond acceptors (Lipinski definition) is 2. The SMILES string of the molecule is C[C@@H](CCO)c1cc(C(C)(C)C)c(O)c(C(C)(C)C)c1. The molecule has 0 saturated heterocycles. The summed E-state index contributed by atoms with van der Waals surface area (Å²) in [6.45, 7) is 15.0. The van der Waals surface area contributed by atoms with E-state index in [4.69, 9.17) is 5.11 Å². The topological polar surface area (TPSA) is 40.5 Å². The minimum Gasteiger partial charge on any atom is -0.507 e.